The van der Waals surface area contributed by atoms with Crippen LogP contribution in [0.4, 0.5) is 0 Å². The third-order valence-corrected chi connectivity index (χ3v) is 8.45. The average Bonchev–Trinajstić information content (AvgIpc) is 3.20. The van der Waals surface area contributed by atoms with Gasteiger partial charge in [0.05, 0.1) is 31.8 Å². The van der Waals surface area contributed by atoms with Gasteiger partial charge in [-0.25, -0.2) is 8.42 Å². The van der Waals surface area contributed by atoms with E-state index in [1.807, 2.05) is 35.2 Å². The maximum Gasteiger partial charge on any atom is 0.279 e. The van der Waals surface area contributed by atoms with Gasteiger partial charge in [-0.3, -0.25) is 4.79 Å². The number of amidine groups is 1. The number of methoxy groups -OCH3 is 2. The molecule has 2 heterocycles. The highest BCUT2D eigenvalue weighted by atomic mass is 32.2. The predicted octanol–water partition coefficient (Wildman–Crippen LogP) is 2.61. The number of rotatable bonds is 5. The summed E-state index contributed by atoms with van der Waals surface area (Å²) in [6.07, 6.45) is 0. The Morgan fingerprint density at radius 3 is 2.53 bits per heavy atom. The van der Waals surface area contributed by atoms with Crippen molar-refractivity contribution in [3.05, 3.63) is 59.7 Å². The van der Waals surface area contributed by atoms with Crippen LogP contribution in [-0.2, 0) is 16.4 Å². The van der Waals surface area contributed by atoms with Crippen molar-refractivity contribution in [2.45, 2.75) is 17.8 Å². The summed E-state index contributed by atoms with van der Waals surface area (Å²) in [5, 5.41) is 0.444. The lowest BCUT2D eigenvalue weighted by Crippen LogP contribution is -2.37. The second-order valence-electron chi connectivity index (χ2n) is 7.18. The maximum atomic E-state index is 12.9. The number of carbonyl (C=O) groups excluding carboxylic acids is 1. The zero-order chi connectivity index (χ0) is 21.3. The number of hydrogen-bond donors (Lipinski definition) is 0. The first-order valence-corrected chi connectivity index (χ1v) is 12.1. The number of nitrogens with zero attached hydrogens (tertiary/aromatic N) is 2. The lowest BCUT2D eigenvalue weighted by Gasteiger charge is -2.24. The van der Waals surface area contributed by atoms with Crippen LogP contribution >= 0.6 is 11.8 Å². The lowest BCUT2D eigenvalue weighted by molar-refractivity contribution is 0.100. The molecule has 4 rings (SSSR count). The molecule has 2 aliphatic heterocycles. The molecular formula is C21H22N2O5S2. The molecule has 2 atom stereocenters. The van der Waals surface area contributed by atoms with E-state index in [0.717, 1.165) is 5.56 Å². The molecule has 2 aliphatic rings. The second-order valence-corrected chi connectivity index (χ2v) is 10.5. The highest BCUT2D eigenvalue weighted by molar-refractivity contribution is 8.15. The molecule has 0 spiro atoms. The zero-order valence-corrected chi connectivity index (χ0v) is 18.3. The Bertz CT molecular complexity index is 1090. The Morgan fingerprint density at radius 1 is 1.10 bits per heavy atom. The van der Waals surface area contributed by atoms with Crippen molar-refractivity contribution >= 4 is 32.7 Å². The molecule has 0 unspecified atom stereocenters. The average molecular weight is 447 g/mol. The number of thioether (sulfide) groups is 1. The molecule has 0 aliphatic carbocycles. The van der Waals surface area contributed by atoms with Crippen LogP contribution in [0.5, 0.6) is 11.5 Å². The molecule has 2 saturated heterocycles. The SMILES string of the molecule is COc1ccc(C(=O)N=C2S[C@H]3CS(=O)(=O)C[C@H]3N2Cc2ccccc2)cc1OC. The molecule has 2 fully saturated rings. The first kappa shape index (κ1) is 20.7. The van der Waals surface area contributed by atoms with Gasteiger partial charge in [0.2, 0.25) is 0 Å². The summed E-state index contributed by atoms with van der Waals surface area (Å²) in [7, 11) is -0.0456. The fourth-order valence-electron chi connectivity index (χ4n) is 3.72. The summed E-state index contributed by atoms with van der Waals surface area (Å²) >= 11 is 1.37. The molecule has 30 heavy (non-hydrogen) atoms. The number of ether oxygens (including phenoxy) is 2. The normalized spacial score (nSPS) is 23.4. The number of amides is 1. The van der Waals surface area contributed by atoms with Crippen molar-refractivity contribution in [3.8, 4) is 11.5 Å². The quantitative estimate of drug-likeness (QED) is 0.698. The highest BCUT2D eigenvalue weighted by Crippen LogP contribution is 2.39. The van der Waals surface area contributed by atoms with Crippen molar-refractivity contribution in [1.29, 1.82) is 0 Å². The van der Waals surface area contributed by atoms with Crippen LogP contribution in [0.25, 0.3) is 0 Å². The predicted molar refractivity (Wildman–Crippen MR) is 117 cm³/mol. The number of benzene rings is 2. The van der Waals surface area contributed by atoms with Crippen LogP contribution in [0.15, 0.2) is 53.5 Å². The third-order valence-electron chi connectivity index (χ3n) is 5.20. The number of hydrogen-bond acceptors (Lipinski definition) is 6. The molecule has 0 aromatic heterocycles. The van der Waals surface area contributed by atoms with Gasteiger partial charge in [-0.05, 0) is 23.8 Å². The first-order valence-electron chi connectivity index (χ1n) is 9.43. The smallest absolute Gasteiger partial charge is 0.279 e. The molecule has 0 N–H and O–H groups in total. The van der Waals surface area contributed by atoms with Crippen LogP contribution < -0.4 is 9.47 Å². The number of carbonyl (C=O) groups is 1. The molecular weight excluding hydrogens is 424 g/mol. The van der Waals surface area contributed by atoms with E-state index in [0.29, 0.717) is 28.8 Å². The molecule has 9 heteroatoms. The Hall–Kier alpha value is -2.52. The van der Waals surface area contributed by atoms with E-state index < -0.39 is 15.7 Å². The van der Waals surface area contributed by atoms with Gasteiger partial charge in [0, 0.05) is 17.4 Å². The fraction of sp³-hybridized carbons (Fsp3) is 0.333. The second kappa shape index (κ2) is 8.31. The monoisotopic (exact) mass is 446 g/mol. The van der Waals surface area contributed by atoms with Crippen LogP contribution in [0.1, 0.15) is 15.9 Å². The summed E-state index contributed by atoms with van der Waals surface area (Å²) < 4.78 is 34.8. The molecule has 158 valence electrons. The molecule has 2 aromatic rings. The van der Waals surface area contributed by atoms with Gasteiger partial charge in [0.1, 0.15) is 0 Å². The van der Waals surface area contributed by atoms with Gasteiger partial charge < -0.3 is 14.4 Å². The zero-order valence-electron chi connectivity index (χ0n) is 16.6. The summed E-state index contributed by atoms with van der Waals surface area (Å²) in [6.45, 7) is 0.503. The largest absolute Gasteiger partial charge is 0.493 e. The minimum atomic E-state index is -3.08. The molecule has 7 nitrogen and oxygen atoms in total. The summed E-state index contributed by atoms with van der Waals surface area (Å²) in [5.74, 6) is 0.770. The fourth-order valence-corrected chi connectivity index (χ4v) is 7.67. The van der Waals surface area contributed by atoms with E-state index in [4.69, 9.17) is 9.47 Å². The number of sulfone groups is 1. The highest BCUT2D eigenvalue weighted by Gasteiger charge is 2.48. The van der Waals surface area contributed by atoms with Crippen molar-refractivity contribution in [2.24, 2.45) is 4.99 Å². The Morgan fingerprint density at radius 2 is 1.83 bits per heavy atom. The van der Waals surface area contributed by atoms with Crippen molar-refractivity contribution in [1.82, 2.24) is 4.90 Å². The topological polar surface area (TPSA) is 85.3 Å². The summed E-state index contributed by atoms with van der Waals surface area (Å²) in [5.41, 5.74) is 1.42. The molecule has 0 saturated carbocycles. The van der Waals surface area contributed by atoms with Gasteiger partial charge >= 0.3 is 0 Å². The number of fused-ring (bicyclic) bond motifs is 1. The number of aliphatic imine (C=N–C) groups is 1. The van der Waals surface area contributed by atoms with E-state index in [1.54, 1.807) is 18.2 Å². The van der Waals surface area contributed by atoms with Crippen LogP contribution in [0.2, 0.25) is 0 Å². The van der Waals surface area contributed by atoms with Crippen LogP contribution in [0.3, 0.4) is 0 Å². The van der Waals surface area contributed by atoms with E-state index in [1.165, 1.54) is 26.0 Å². The molecule has 1 amide bonds. The molecule has 0 bridgehead atoms. The maximum absolute atomic E-state index is 12.9. The lowest BCUT2D eigenvalue weighted by atomic mass is 10.1. The molecule has 2 aromatic carbocycles. The summed E-state index contributed by atoms with van der Waals surface area (Å²) in [4.78, 5) is 19.2. The van der Waals surface area contributed by atoms with Gasteiger partial charge in [-0.15, -0.1) is 0 Å². The van der Waals surface area contributed by atoms with Gasteiger partial charge in [-0.2, -0.15) is 4.99 Å². The van der Waals surface area contributed by atoms with E-state index in [-0.39, 0.29) is 22.8 Å². The van der Waals surface area contributed by atoms with Crippen molar-refractivity contribution < 1.29 is 22.7 Å². The van der Waals surface area contributed by atoms with Crippen molar-refractivity contribution in [3.63, 3.8) is 0 Å². The van der Waals surface area contributed by atoms with Gasteiger partial charge in [0.25, 0.3) is 5.91 Å². The summed E-state index contributed by atoms with van der Waals surface area (Å²) in [6, 6.07) is 14.5. The van der Waals surface area contributed by atoms with Crippen LogP contribution in [-0.4, -0.2) is 61.4 Å². The first-order chi connectivity index (χ1) is 14.4. The van der Waals surface area contributed by atoms with Crippen LogP contribution in [0, 0.1) is 0 Å². The van der Waals surface area contributed by atoms with E-state index in [2.05, 4.69) is 4.99 Å². The molecule has 0 radical (unpaired) electrons. The Labute approximate surface area is 180 Å². The van der Waals surface area contributed by atoms with E-state index >= 15 is 0 Å². The minimum Gasteiger partial charge on any atom is -0.493 e. The van der Waals surface area contributed by atoms with E-state index in [9.17, 15) is 13.2 Å². The Kier molecular flexibility index (Phi) is 5.75. The standard InChI is InChI=1S/C21H22N2O5S2/c1-27-17-9-8-15(10-18(17)28-2)20(24)22-21-23(11-14-6-4-3-5-7-14)16-12-30(25,26)13-19(16)29-21/h3-10,16,19H,11-13H2,1-2H3/t16-,19+/m1/s1. The minimum absolute atomic E-state index is 0.0844. The van der Waals surface area contributed by atoms with Gasteiger partial charge in [0.15, 0.2) is 26.5 Å². The third kappa shape index (κ3) is 4.17. The van der Waals surface area contributed by atoms with Crippen molar-refractivity contribution in [2.75, 3.05) is 25.7 Å². The Balaban J connectivity index is 1.64. The van der Waals surface area contributed by atoms with Gasteiger partial charge in [-0.1, -0.05) is 42.1 Å².